The molecule has 0 radical (unpaired) electrons. The molecule has 0 spiro atoms. The van der Waals surface area contributed by atoms with Crippen molar-refractivity contribution in [3.63, 3.8) is 0 Å². The van der Waals surface area contributed by atoms with Crippen molar-refractivity contribution in [2.45, 2.75) is 12.6 Å². The van der Waals surface area contributed by atoms with Crippen molar-refractivity contribution in [3.05, 3.63) is 47.5 Å². The number of aromatic nitrogens is 3. The van der Waals surface area contributed by atoms with Crippen LogP contribution in [0.5, 0.6) is 11.5 Å². The molecule has 4 heterocycles. The van der Waals surface area contributed by atoms with Crippen molar-refractivity contribution in [2.24, 2.45) is 7.05 Å². The van der Waals surface area contributed by atoms with E-state index >= 15 is 0 Å². The number of imidazole rings is 1. The van der Waals surface area contributed by atoms with E-state index in [-0.39, 0.29) is 6.04 Å². The molecular formula is C19H21N5O2S. The molecular weight excluding hydrogens is 362 g/mol. The van der Waals surface area contributed by atoms with Crippen LogP contribution < -0.4 is 14.8 Å². The molecule has 1 fully saturated rings. The van der Waals surface area contributed by atoms with Gasteiger partial charge in [0.2, 0.25) is 6.79 Å². The monoisotopic (exact) mass is 383 g/mol. The third kappa shape index (κ3) is 3.20. The highest BCUT2D eigenvalue weighted by molar-refractivity contribution is 7.13. The van der Waals surface area contributed by atoms with Gasteiger partial charge in [-0.3, -0.25) is 4.90 Å². The van der Waals surface area contributed by atoms with Gasteiger partial charge in [-0.1, -0.05) is 0 Å². The first kappa shape index (κ1) is 16.7. The zero-order valence-corrected chi connectivity index (χ0v) is 15.9. The Morgan fingerprint density at radius 3 is 3.11 bits per heavy atom. The van der Waals surface area contributed by atoms with Crippen LogP contribution in [-0.2, 0) is 13.6 Å². The third-order valence-electron chi connectivity index (χ3n) is 5.05. The van der Waals surface area contributed by atoms with E-state index in [1.54, 1.807) is 11.3 Å². The van der Waals surface area contributed by atoms with Crippen LogP contribution in [0.4, 0.5) is 0 Å². The first-order valence-corrected chi connectivity index (χ1v) is 9.92. The van der Waals surface area contributed by atoms with E-state index in [0.29, 0.717) is 6.79 Å². The van der Waals surface area contributed by atoms with Crippen LogP contribution in [0.1, 0.15) is 17.6 Å². The number of hydrogen-bond acceptors (Lipinski definition) is 7. The number of ether oxygens (including phenoxy) is 2. The Morgan fingerprint density at radius 2 is 2.22 bits per heavy atom. The molecule has 1 N–H and O–H groups in total. The summed E-state index contributed by atoms with van der Waals surface area (Å²) in [7, 11) is 2.05. The summed E-state index contributed by atoms with van der Waals surface area (Å²) in [6.45, 7) is 3.98. The molecule has 2 aromatic heterocycles. The fourth-order valence-corrected chi connectivity index (χ4v) is 4.45. The van der Waals surface area contributed by atoms with Gasteiger partial charge in [-0.05, 0) is 18.2 Å². The van der Waals surface area contributed by atoms with Crippen molar-refractivity contribution in [1.82, 2.24) is 24.8 Å². The summed E-state index contributed by atoms with van der Waals surface area (Å²) in [6.07, 6.45) is 3.87. The SMILES string of the molecule is Cn1ccnc1C1CNCCN1Cc1csc(-c2ccc3c(c2)OCO3)n1. The highest BCUT2D eigenvalue weighted by Gasteiger charge is 2.27. The molecule has 0 bridgehead atoms. The number of fused-ring (bicyclic) bond motifs is 1. The van der Waals surface area contributed by atoms with E-state index in [1.807, 2.05) is 30.6 Å². The highest BCUT2D eigenvalue weighted by Crippen LogP contribution is 2.37. The van der Waals surface area contributed by atoms with Crippen LogP contribution in [0.3, 0.4) is 0 Å². The molecule has 7 nitrogen and oxygen atoms in total. The minimum absolute atomic E-state index is 0.259. The van der Waals surface area contributed by atoms with Crippen molar-refractivity contribution < 1.29 is 9.47 Å². The summed E-state index contributed by atoms with van der Waals surface area (Å²) < 4.78 is 13.0. The zero-order valence-electron chi connectivity index (χ0n) is 15.1. The first-order valence-electron chi connectivity index (χ1n) is 9.04. The van der Waals surface area contributed by atoms with E-state index in [1.165, 1.54) is 0 Å². The highest BCUT2D eigenvalue weighted by atomic mass is 32.1. The molecule has 0 aliphatic carbocycles. The summed E-state index contributed by atoms with van der Waals surface area (Å²) in [5.41, 5.74) is 2.16. The summed E-state index contributed by atoms with van der Waals surface area (Å²) in [5.74, 6) is 2.68. The fraction of sp³-hybridized carbons (Fsp3) is 0.368. The van der Waals surface area contributed by atoms with Crippen molar-refractivity contribution in [1.29, 1.82) is 0 Å². The molecule has 1 aromatic carbocycles. The number of aryl methyl sites for hydroxylation is 1. The average Bonchev–Trinajstić information content (AvgIpc) is 3.42. The maximum atomic E-state index is 5.49. The lowest BCUT2D eigenvalue weighted by molar-refractivity contribution is 0.143. The maximum absolute atomic E-state index is 5.49. The average molecular weight is 383 g/mol. The summed E-state index contributed by atoms with van der Waals surface area (Å²) in [6, 6.07) is 6.26. The zero-order chi connectivity index (χ0) is 18.2. The van der Waals surface area contributed by atoms with Gasteiger partial charge >= 0.3 is 0 Å². The minimum atomic E-state index is 0.259. The van der Waals surface area contributed by atoms with Gasteiger partial charge in [0, 0.05) is 56.6 Å². The summed E-state index contributed by atoms with van der Waals surface area (Å²) >= 11 is 1.67. The lowest BCUT2D eigenvalue weighted by atomic mass is 10.1. The minimum Gasteiger partial charge on any atom is -0.454 e. The Hall–Kier alpha value is -2.42. The summed E-state index contributed by atoms with van der Waals surface area (Å²) in [5, 5.41) is 6.64. The molecule has 1 unspecified atom stereocenters. The van der Waals surface area contributed by atoms with E-state index < -0.39 is 0 Å². The number of hydrogen-bond donors (Lipinski definition) is 1. The largest absolute Gasteiger partial charge is 0.454 e. The number of thiazole rings is 1. The predicted molar refractivity (Wildman–Crippen MR) is 103 cm³/mol. The molecule has 8 heteroatoms. The molecule has 0 saturated carbocycles. The molecule has 2 aliphatic rings. The van der Waals surface area contributed by atoms with Crippen LogP contribution >= 0.6 is 11.3 Å². The second-order valence-corrected chi connectivity index (χ2v) is 7.66. The summed E-state index contributed by atoms with van der Waals surface area (Å²) in [4.78, 5) is 11.9. The number of piperazine rings is 1. The smallest absolute Gasteiger partial charge is 0.231 e. The molecule has 27 heavy (non-hydrogen) atoms. The predicted octanol–water partition coefficient (Wildman–Crippen LogP) is 2.42. The Kier molecular flexibility index (Phi) is 4.31. The molecule has 140 valence electrons. The number of benzene rings is 1. The van der Waals surface area contributed by atoms with Crippen LogP contribution in [-0.4, -0.2) is 45.9 Å². The molecule has 1 atom stereocenters. The van der Waals surface area contributed by atoms with Crippen molar-refractivity contribution in [3.8, 4) is 22.1 Å². The van der Waals surface area contributed by atoms with Crippen molar-refractivity contribution in [2.75, 3.05) is 26.4 Å². The van der Waals surface area contributed by atoms with Crippen LogP contribution in [0.15, 0.2) is 36.0 Å². The van der Waals surface area contributed by atoms with Crippen LogP contribution in [0.25, 0.3) is 10.6 Å². The van der Waals surface area contributed by atoms with Gasteiger partial charge in [-0.15, -0.1) is 11.3 Å². The van der Waals surface area contributed by atoms with Gasteiger partial charge in [-0.25, -0.2) is 9.97 Å². The topological polar surface area (TPSA) is 64.4 Å². The Bertz CT molecular complexity index is 953. The van der Waals surface area contributed by atoms with Gasteiger partial charge in [0.1, 0.15) is 10.8 Å². The second-order valence-electron chi connectivity index (χ2n) is 6.80. The van der Waals surface area contributed by atoms with Gasteiger partial charge in [0.15, 0.2) is 11.5 Å². The Balaban J connectivity index is 1.36. The van der Waals surface area contributed by atoms with E-state index in [0.717, 1.165) is 59.8 Å². The number of nitrogens with zero attached hydrogens (tertiary/aromatic N) is 4. The molecule has 3 aromatic rings. The van der Waals surface area contributed by atoms with E-state index in [2.05, 4.69) is 32.2 Å². The number of nitrogens with one attached hydrogen (secondary N) is 1. The van der Waals surface area contributed by atoms with Crippen LogP contribution in [0, 0.1) is 0 Å². The van der Waals surface area contributed by atoms with Gasteiger partial charge in [0.05, 0.1) is 11.7 Å². The number of rotatable bonds is 4. The first-order chi connectivity index (χ1) is 13.3. The Labute approximate surface area is 161 Å². The van der Waals surface area contributed by atoms with E-state index in [4.69, 9.17) is 14.5 Å². The normalized spacial score (nSPS) is 19.5. The fourth-order valence-electron chi connectivity index (χ4n) is 3.64. The van der Waals surface area contributed by atoms with Crippen LogP contribution in [0.2, 0.25) is 0 Å². The van der Waals surface area contributed by atoms with Gasteiger partial charge < -0.3 is 19.4 Å². The van der Waals surface area contributed by atoms with E-state index in [9.17, 15) is 0 Å². The molecule has 0 amide bonds. The van der Waals surface area contributed by atoms with Gasteiger partial charge in [-0.2, -0.15) is 0 Å². The standard InChI is InChI=1S/C19H21N5O2S/c1-23-6-5-21-18(23)15-9-20-4-7-24(15)10-14-11-27-19(22-14)13-2-3-16-17(8-13)26-12-25-16/h2-3,5-6,8,11,15,20H,4,7,9-10,12H2,1H3. The van der Waals surface area contributed by atoms with Crippen molar-refractivity contribution >= 4 is 11.3 Å². The molecule has 2 aliphatic heterocycles. The third-order valence-corrected chi connectivity index (χ3v) is 5.99. The molecule has 1 saturated heterocycles. The molecule has 5 rings (SSSR count). The Morgan fingerprint density at radius 1 is 1.30 bits per heavy atom. The quantitative estimate of drug-likeness (QED) is 0.747. The maximum Gasteiger partial charge on any atom is 0.231 e. The second kappa shape index (κ2) is 6.95. The van der Waals surface area contributed by atoms with Gasteiger partial charge in [0.25, 0.3) is 0 Å². The lowest BCUT2D eigenvalue weighted by Crippen LogP contribution is -2.46. The lowest BCUT2D eigenvalue weighted by Gasteiger charge is -2.35.